The van der Waals surface area contributed by atoms with Crippen LogP contribution in [-0.2, 0) is 11.2 Å². The molecule has 0 bridgehead atoms. The Morgan fingerprint density at radius 3 is 2.42 bits per heavy atom. The van der Waals surface area contributed by atoms with Crippen molar-refractivity contribution in [3.8, 4) is 12.3 Å². The van der Waals surface area contributed by atoms with Crippen LogP contribution in [0.3, 0.4) is 0 Å². The van der Waals surface area contributed by atoms with Gasteiger partial charge in [-0.3, -0.25) is 0 Å². The second kappa shape index (κ2) is 7.35. The molecule has 0 amide bonds. The molecule has 0 spiro atoms. The van der Waals surface area contributed by atoms with Crippen molar-refractivity contribution >= 4 is 0 Å². The lowest BCUT2D eigenvalue weighted by Gasteiger charge is -2.37. The van der Waals surface area contributed by atoms with E-state index >= 15 is 0 Å². The van der Waals surface area contributed by atoms with Crippen LogP contribution in [0.15, 0.2) is 54.8 Å². The van der Waals surface area contributed by atoms with E-state index in [0.717, 1.165) is 27.8 Å². The predicted octanol–water partition coefficient (Wildman–Crippen LogP) is 2.23. The summed E-state index contributed by atoms with van der Waals surface area (Å²) in [5.74, 6) is 2.66. The van der Waals surface area contributed by atoms with Crippen LogP contribution >= 0.6 is 0 Å². The number of aliphatic hydroxyl groups is 3. The first-order valence-corrected chi connectivity index (χ1v) is 8.45. The summed E-state index contributed by atoms with van der Waals surface area (Å²) < 4.78 is 5.57. The number of ether oxygens (including phenoxy) is 1. The molecule has 0 saturated carbocycles. The van der Waals surface area contributed by atoms with E-state index in [2.05, 4.69) is 12.5 Å². The fourth-order valence-corrected chi connectivity index (χ4v) is 3.12. The first-order chi connectivity index (χ1) is 12.4. The Kier molecular flexibility index (Phi) is 5.15. The molecule has 0 radical (unpaired) electrons. The van der Waals surface area contributed by atoms with Gasteiger partial charge in [-0.05, 0) is 47.7 Å². The Balaban J connectivity index is 1.87. The number of hydrogen-bond donors (Lipinski definition) is 3. The van der Waals surface area contributed by atoms with Gasteiger partial charge in [-0.1, -0.05) is 42.8 Å². The van der Waals surface area contributed by atoms with Gasteiger partial charge in [0.1, 0.15) is 24.1 Å². The van der Waals surface area contributed by atoms with E-state index < -0.39 is 24.4 Å². The molecular formula is C22H22O4. The number of benzene rings is 2. The Labute approximate surface area is 153 Å². The smallest absolute Gasteiger partial charge is 0.152 e. The van der Waals surface area contributed by atoms with Crippen LogP contribution in [0.1, 0.15) is 33.9 Å². The molecule has 3 rings (SSSR count). The maximum atomic E-state index is 10.3. The molecule has 3 N–H and O–H groups in total. The summed E-state index contributed by atoms with van der Waals surface area (Å²) in [7, 11) is 0. The number of aliphatic hydroxyl groups excluding tert-OH is 3. The van der Waals surface area contributed by atoms with Gasteiger partial charge in [0.05, 0.1) is 0 Å². The maximum absolute atomic E-state index is 10.3. The van der Waals surface area contributed by atoms with Crippen molar-refractivity contribution in [2.24, 2.45) is 0 Å². The predicted molar refractivity (Wildman–Crippen MR) is 99.3 cm³/mol. The third kappa shape index (κ3) is 3.51. The molecule has 4 atom stereocenters. The largest absolute Gasteiger partial charge is 0.485 e. The molecule has 4 heteroatoms. The Hall–Kier alpha value is -2.58. The van der Waals surface area contributed by atoms with Crippen molar-refractivity contribution in [2.45, 2.75) is 37.8 Å². The van der Waals surface area contributed by atoms with Gasteiger partial charge in [0.25, 0.3) is 0 Å². The summed E-state index contributed by atoms with van der Waals surface area (Å²) in [5, 5.41) is 30.1. The van der Waals surface area contributed by atoms with Crippen LogP contribution in [-0.4, -0.2) is 33.6 Å². The van der Waals surface area contributed by atoms with Gasteiger partial charge in [0, 0.05) is 5.56 Å². The standard InChI is InChI=1S/C22H22O4/c1-4-15-6-8-16(9-7-15)11-18-12-17(10-5-13(18)2)22-21(25)20(24)19(23)14(3)26-22/h1,5-10,12,19-25H,3,11H2,2H3/t19-,20?,21-,22+/m1/s1. The second-order valence-corrected chi connectivity index (χ2v) is 6.63. The molecule has 1 heterocycles. The molecule has 1 saturated heterocycles. The van der Waals surface area contributed by atoms with Gasteiger partial charge in [0.15, 0.2) is 6.10 Å². The first kappa shape index (κ1) is 18.2. The highest BCUT2D eigenvalue weighted by Gasteiger charge is 2.41. The fourth-order valence-electron chi connectivity index (χ4n) is 3.12. The van der Waals surface area contributed by atoms with E-state index in [4.69, 9.17) is 11.2 Å². The van der Waals surface area contributed by atoms with Crippen LogP contribution in [0.5, 0.6) is 0 Å². The molecule has 2 aromatic carbocycles. The van der Waals surface area contributed by atoms with Gasteiger partial charge in [-0.15, -0.1) is 6.42 Å². The number of rotatable bonds is 3. The number of terminal acetylenes is 1. The first-order valence-electron chi connectivity index (χ1n) is 8.45. The average Bonchev–Trinajstić information content (AvgIpc) is 2.65. The van der Waals surface area contributed by atoms with Crippen molar-refractivity contribution in [2.75, 3.05) is 0 Å². The van der Waals surface area contributed by atoms with Gasteiger partial charge in [-0.25, -0.2) is 0 Å². The summed E-state index contributed by atoms with van der Waals surface area (Å²) in [4.78, 5) is 0. The van der Waals surface area contributed by atoms with Crippen molar-refractivity contribution in [1.29, 1.82) is 0 Å². The summed E-state index contributed by atoms with van der Waals surface area (Å²) >= 11 is 0. The topological polar surface area (TPSA) is 69.9 Å². The molecule has 1 unspecified atom stereocenters. The Morgan fingerprint density at radius 2 is 1.77 bits per heavy atom. The molecular weight excluding hydrogens is 328 g/mol. The molecule has 134 valence electrons. The zero-order chi connectivity index (χ0) is 18.8. The highest BCUT2D eigenvalue weighted by atomic mass is 16.5. The molecule has 1 aliphatic heterocycles. The lowest BCUT2D eigenvalue weighted by Crippen LogP contribution is -2.47. The second-order valence-electron chi connectivity index (χ2n) is 6.63. The Bertz CT molecular complexity index is 847. The van der Waals surface area contributed by atoms with Gasteiger partial charge >= 0.3 is 0 Å². The number of hydrogen-bond acceptors (Lipinski definition) is 4. The van der Waals surface area contributed by atoms with Crippen molar-refractivity contribution in [3.05, 3.63) is 82.6 Å². The summed E-state index contributed by atoms with van der Waals surface area (Å²) in [6.07, 6.45) is 1.47. The van der Waals surface area contributed by atoms with Crippen LogP contribution in [0.25, 0.3) is 0 Å². The number of aryl methyl sites for hydroxylation is 1. The van der Waals surface area contributed by atoms with Crippen LogP contribution in [0.2, 0.25) is 0 Å². The normalized spacial score (nSPS) is 25.4. The van der Waals surface area contributed by atoms with E-state index in [1.807, 2.05) is 49.4 Å². The molecule has 0 aliphatic carbocycles. The van der Waals surface area contributed by atoms with Crippen LogP contribution in [0, 0.1) is 19.3 Å². The van der Waals surface area contributed by atoms with Crippen LogP contribution in [0.4, 0.5) is 0 Å². The molecule has 4 nitrogen and oxygen atoms in total. The van der Waals surface area contributed by atoms with Gasteiger partial charge < -0.3 is 20.1 Å². The fraction of sp³-hybridized carbons (Fsp3) is 0.273. The van der Waals surface area contributed by atoms with Crippen molar-refractivity contribution < 1.29 is 20.1 Å². The molecule has 1 fully saturated rings. The lowest BCUT2D eigenvalue weighted by molar-refractivity contribution is -0.157. The van der Waals surface area contributed by atoms with E-state index in [9.17, 15) is 15.3 Å². The maximum Gasteiger partial charge on any atom is 0.152 e. The lowest BCUT2D eigenvalue weighted by atomic mass is 9.90. The highest BCUT2D eigenvalue weighted by Crippen LogP contribution is 2.34. The third-order valence-electron chi connectivity index (χ3n) is 4.81. The van der Waals surface area contributed by atoms with Gasteiger partial charge in [0.2, 0.25) is 0 Å². The van der Waals surface area contributed by atoms with E-state index in [0.29, 0.717) is 6.42 Å². The molecule has 2 aromatic rings. The van der Waals surface area contributed by atoms with Crippen molar-refractivity contribution in [1.82, 2.24) is 0 Å². The monoisotopic (exact) mass is 350 g/mol. The van der Waals surface area contributed by atoms with Gasteiger partial charge in [-0.2, -0.15) is 0 Å². The molecule has 0 aromatic heterocycles. The summed E-state index contributed by atoms with van der Waals surface area (Å²) in [6.45, 7) is 5.64. The minimum absolute atomic E-state index is 0.0554. The Morgan fingerprint density at radius 1 is 1.08 bits per heavy atom. The van der Waals surface area contributed by atoms with E-state index in [1.165, 1.54) is 0 Å². The van der Waals surface area contributed by atoms with E-state index in [-0.39, 0.29) is 5.76 Å². The third-order valence-corrected chi connectivity index (χ3v) is 4.81. The zero-order valence-corrected chi connectivity index (χ0v) is 14.6. The minimum Gasteiger partial charge on any atom is -0.485 e. The molecule has 26 heavy (non-hydrogen) atoms. The summed E-state index contributed by atoms with van der Waals surface area (Å²) in [5.41, 5.74) is 4.88. The minimum atomic E-state index is -1.33. The summed E-state index contributed by atoms with van der Waals surface area (Å²) in [6, 6.07) is 13.6. The zero-order valence-electron chi connectivity index (χ0n) is 14.6. The SMILES string of the molecule is C#Cc1ccc(Cc2cc([C@@H]3OC(=C)[C@@H](O)C(O)[C@H]3O)ccc2C)cc1. The highest BCUT2D eigenvalue weighted by molar-refractivity contribution is 5.40. The van der Waals surface area contributed by atoms with E-state index in [1.54, 1.807) is 0 Å². The quantitative estimate of drug-likeness (QED) is 0.743. The van der Waals surface area contributed by atoms with Crippen molar-refractivity contribution in [3.63, 3.8) is 0 Å². The van der Waals surface area contributed by atoms with Crippen LogP contribution < -0.4 is 0 Å². The molecule has 1 aliphatic rings. The average molecular weight is 350 g/mol.